The molecule has 6 heteroatoms. The number of likely N-dealkylation sites (N-methyl/N-ethyl adjacent to an activating group) is 1. The highest BCUT2D eigenvalue weighted by Crippen LogP contribution is 2.36. The second kappa shape index (κ2) is 7.00. The number of nitrogens with zero attached hydrogens (tertiary/aromatic N) is 1. The summed E-state index contributed by atoms with van der Waals surface area (Å²) >= 11 is 6.12. The molecule has 0 bridgehead atoms. The van der Waals surface area contributed by atoms with E-state index in [0.29, 0.717) is 34.7 Å². The van der Waals surface area contributed by atoms with E-state index in [4.69, 9.17) is 26.2 Å². The number of aliphatic hydroxyl groups is 1. The van der Waals surface area contributed by atoms with Gasteiger partial charge in [0.15, 0.2) is 18.1 Å². The summed E-state index contributed by atoms with van der Waals surface area (Å²) in [7, 11) is 1.49. The lowest BCUT2D eigenvalue weighted by Gasteiger charge is -2.21. The highest BCUT2D eigenvalue weighted by molar-refractivity contribution is 6.32. The van der Waals surface area contributed by atoms with Crippen LogP contribution in [0.4, 0.5) is 0 Å². The molecule has 0 unspecified atom stereocenters. The van der Waals surface area contributed by atoms with E-state index >= 15 is 0 Å². The Morgan fingerprint density at radius 2 is 2.19 bits per heavy atom. The van der Waals surface area contributed by atoms with Crippen molar-refractivity contribution in [1.82, 2.24) is 4.90 Å². The third-order valence-electron chi connectivity index (χ3n) is 3.46. The molecule has 1 aliphatic rings. The van der Waals surface area contributed by atoms with E-state index in [2.05, 4.69) is 0 Å². The quantitative estimate of drug-likeness (QED) is 0.838. The van der Waals surface area contributed by atoms with Gasteiger partial charge in [0.2, 0.25) is 0 Å². The van der Waals surface area contributed by atoms with Gasteiger partial charge in [-0.2, -0.15) is 0 Å². The fourth-order valence-corrected chi connectivity index (χ4v) is 2.53. The van der Waals surface area contributed by atoms with E-state index < -0.39 is 0 Å². The van der Waals surface area contributed by atoms with Crippen LogP contribution in [0.15, 0.2) is 12.1 Å². The Morgan fingerprint density at radius 1 is 1.48 bits per heavy atom. The second-order valence-corrected chi connectivity index (χ2v) is 5.37. The van der Waals surface area contributed by atoms with Crippen LogP contribution in [0.1, 0.15) is 25.3 Å². The summed E-state index contributed by atoms with van der Waals surface area (Å²) in [5.41, 5.74) is 0.628. The number of hydrogen-bond donors (Lipinski definition) is 1. The Labute approximate surface area is 129 Å². The van der Waals surface area contributed by atoms with Gasteiger partial charge < -0.3 is 19.5 Å². The summed E-state index contributed by atoms with van der Waals surface area (Å²) < 4.78 is 10.8. The molecule has 0 saturated heterocycles. The van der Waals surface area contributed by atoms with Crippen LogP contribution in [0, 0.1) is 0 Å². The fourth-order valence-electron chi connectivity index (χ4n) is 2.25. The first-order chi connectivity index (χ1) is 10.1. The lowest BCUT2D eigenvalue weighted by atomic mass is 10.2. The van der Waals surface area contributed by atoms with E-state index in [1.54, 1.807) is 12.1 Å². The van der Waals surface area contributed by atoms with Crippen molar-refractivity contribution in [3.63, 3.8) is 0 Å². The normalized spacial score (nSPS) is 13.9. The van der Waals surface area contributed by atoms with Crippen LogP contribution < -0.4 is 9.47 Å². The van der Waals surface area contributed by atoms with Crippen LogP contribution in [-0.4, -0.2) is 42.2 Å². The lowest BCUT2D eigenvalue weighted by molar-refractivity contribution is -0.133. The monoisotopic (exact) mass is 313 g/mol. The number of aliphatic hydroxyl groups excluding tert-OH is 1. The molecule has 21 heavy (non-hydrogen) atoms. The highest BCUT2D eigenvalue weighted by atomic mass is 35.5. The average molecular weight is 314 g/mol. The molecular formula is C15H20ClNO4. The van der Waals surface area contributed by atoms with Crippen molar-refractivity contribution in [2.75, 3.05) is 20.3 Å². The molecule has 1 fully saturated rings. The topological polar surface area (TPSA) is 59.0 Å². The summed E-state index contributed by atoms with van der Waals surface area (Å²) in [5, 5.41) is 9.47. The third-order valence-corrected chi connectivity index (χ3v) is 3.74. The van der Waals surface area contributed by atoms with E-state index in [1.165, 1.54) is 7.11 Å². The van der Waals surface area contributed by atoms with E-state index in [1.807, 2.05) is 11.8 Å². The number of carbonyl (C=O) groups is 1. The molecule has 1 N–H and O–H groups in total. The Hall–Kier alpha value is -1.46. The third kappa shape index (κ3) is 3.80. The zero-order chi connectivity index (χ0) is 15.4. The van der Waals surface area contributed by atoms with Gasteiger partial charge in [0, 0.05) is 12.6 Å². The maximum atomic E-state index is 12.1. The predicted octanol–water partition coefficient (Wildman–Crippen LogP) is 2.23. The number of ether oxygens (including phenoxy) is 2. The molecule has 0 aromatic heterocycles. The molecule has 0 heterocycles. The minimum Gasteiger partial charge on any atom is -0.493 e. The van der Waals surface area contributed by atoms with E-state index in [0.717, 1.165) is 12.8 Å². The zero-order valence-electron chi connectivity index (χ0n) is 12.3. The first-order valence-corrected chi connectivity index (χ1v) is 7.38. The SMILES string of the molecule is CCN(C(=O)COc1c(Cl)cc(CO)cc1OC)C1CC1. The van der Waals surface area contributed by atoms with Gasteiger partial charge in [-0.3, -0.25) is 4.79 Å². The number of halogens is 1. The Kier molecular flexibility index (Phi) is 5.31. The van der Waals surface area contributed by atoms with Crippen molar-refractivity contribution in [1.29, 1.82) is 0 Å². The van der Waals surface area contributed by atoms with Crippen LogP contribution in [0.2, 0.25) is 5.02 Å². The van der Waals surface area contributed by atoms with Gasteiger partial charge in [-0.05, 0) is 37.5 Å². The van der Waals surface area contributed by atoms with Crippen LogP contribution in [-0.2, 0) is 11.4 Å². The molecule has 1 aliphatic carbocycles. The maximum absolute atomic E-state index is 12.1. The van der Waals surface area contributed by atoms with Gasteiger partial charge in [0.25, 0.3) is 5.91 Å². The first-order valence-electron chi connectivity index (χ1n) is 7.00. The van der Waals surface area contributed by atoms with Crippen molar-refractivity contribution < 1.29 is 19.4 Å². The summed E-state index contributed by atoms with van der Waals surface area (Å²) in [6.45, 7) is 2.43. The summed E-state index contributed by atoms with van der Waals surface area (Å²) in [6.07, 6.45) is 2.13. The Morgan fingerprint density at radius 3 is 2.71 bits per heavy atom. The molecule has 1 aromatic rings. The predicted molar refractivity (Wildman–Crippen MR) is 79.8 cm³/mol. The molecule has 1 aromatic carbocycles. The number of hydrogen-bond acceptors (Lipinski definition) is 4. The minimum absolute atomic E-state index is 0.0515. The van der Waals surface area contributed by atoms with Crippen molar-refractivity contribution in [3.05, 3.63) is 22.7 Å². The van der Waals surface area contributed by atoms with Gasteiger partial charge >= 0.3 is 0 Å². The van der Waals surface area contributed by atoms with Crippen molar-refractivity contribution >= 4 is 17.5 Å². The van der Waals surface area contributed by atoms with Crippen LogP contribution in [0.3, 0.4) is 0 Å². The number of methoxy groups -OCH3 is 1. The van der Waals surface area contributed by atoms with Crippen LogP contribution >= 0.6 is 11.6 Å². The largest absolute Gasteiger partial charge is 0.493 e. The number of carbonyl (C=O) groups excluding carboxylic acids is 1. The molecule has 1 saturated carbocycles. The first kappa shape index (κ1) is 15.9. The number of rotatable bonds is 7. The Balaban J connectivity index is 2.06. The standard InChI is InChI=1S/C15H20ClNO4/c1-3-17(11-4-5-11)14(19)9-21-15-12(16)6-10(8-18)7-13(15)20-2/h6-7,11,18H,3-5,8-9H2,1-2H3. The number of benzene rings is 1. The average Bonchev–Trinajstić information content (AvgIpc) is 3.30. The number of amides is 1. The molecule has 116 valence electrons. The molecular weight excluding hydrogens is 294 g/mol. The molecule has 1 amide bonds. The van der Waals surface area contributed by atoms with E-state index in [-0.39, 0.29) is 19.1 Å². The van der Waals surface area contributed by atoms with Crippen molar-refractivity contribution in [3.8, 4) is 11.5 Å². The molecule has 0 spiro atoms. The van der Waals surface area contributed by atoms with Crippen LogP contribution in [0.5, 0.6) is 11.5 Å². The zero-order valence-corrected chi connectivity index (χ0v) is 13.0. The highest BCUT2D eigenvalue weighted by Gasteiger charge is 2.31. The molecule has 5 nitrogen and oxygen atoms in total. The van der Waals surface area contributed by atoms with Gasteiger partial charge in [-0.15, -0.1) is 0 Å². The molecule has 0 atom stereocenters. The second-order valence-electron chi connectivity index (χ2n) is 4.97. The fraction of sp³-hybridized carbons (Fsp3) is 0.533. The van der Waals surface area contributed by atoms with Crippen molar-refractivity contribution in [2.24, 2.45) is 0 Å². The maximum Gasteiger partial charge on any atom is 0.260 e. The summed E-state index contributed by atoms with van der Waals surface area (Å²) in [4.78, 5) is 14.0. The molecule has 0 radical (unpaired) electrons. The van der Waals surface area contributed by atoms with Crippen LogP contribution in [0.25, 0.3) is 0 Å². The van der Waals surface area contributed by atoms with Crippen molar-refractivity contribution in [2.45, 2.75) is 32.4 Å². The smallest absolute Gasteiger partial charge is 0.260 e. The summed E-state index contributed by atoms with van der Waals surface area (Å²) in [6, 6.07) is 3.60. The lowest BCUT2D eigenvalue weighted by Crippen LogP contribution is -2.36. The Bertz CT molecular complexity index is 517. The van der Waals surface area contributed by atoms with Gasteiger partial charge in [-0.25, -0.2) is 0 Å². The molecule has 2 rings (SSSR count). The van der Waals surface area contributed by atoms with Gasteiger partial charge in [-0.1, -0.05) is 11.6 Å². The minimum atomic E-state index is -0.138. The van der Waals surface area contributed by atoms with Gasteiger partial charge in [0.1, 0.15) is 0 Å². The van der Waals surface area contributed by atoms with E-state index in [9.17, 15) is 4.79 Å². The van der Waals surface area contributed by atoms with Gasteiger partial charge in [0.05, 0.1) is 18.7 Å². The molecule has 0 aliphatic heterocycles. The summed E-state index contributed by atoms with van der Waals surface area (Å²) in [5.74, 6) is 0.690.